The van der Waals surface area contributed by atoms with E-state index in [4.69, 9.17) is 9.47 Å². The number of rotatable bonds is 5. The van der Waals surface area contributed by atoms with Crippen molar-refractivity contribution in [2.75, 3.05) is 27.3 Å². The summed E-state index contributed by atoms with van der Waals surface area (Å²) in [6.07, 6.45) is 10.1. The Bertz CT molecular complexity index is 299. The fraction of sp³-hybridized carbons (Fsp3) is 0.938. The molecule has 0 radical (unpaired) electrons. The lowest BCUT2D eigenvalue weighted by atomic mass is 9.86. The molecule has 116 valence electrons. The van der Waals surface area contributed by atoms with Gasteiger partial charge in [0.2, 0.25) is 5.91 Å². The van der Waals surface area contributed by atoms with Crippen LogP contribution < -0.4 is 0 Å². The first-order valence-electron chi connectivity index (χ1n) is 8.07. The van der Waals surface area contributed by atoms with Crippen LogP contribution in [0.2, 0.25) is 0 Å². The van der Waals surface area contributed by atoms with Crippen molar-refractivity contribution in [3.63, 3.8) is 0 Å². The van der Waals surface area contributed by atoms with Crippen LogP contribution in [0.3, 0.4) is 0 Å². The van der Waals surface area contributed by atoms with Gasteiger partial charge in [-0.15, -0.1) is 0 Å². The molecule has 2 fully saturated rings. The van der Waals surface area contributed by atoms with Crippen LogP contribution in [-0.2, 0) is 14.3 Å². The normalized spacial score (nSPS) is 23.8. The first-order valence-corrected chi connectivity index (χ1v) is 8.07. The molecule has 1 saturated heterocycles. The van der Waals surface area contributed by atoms with Gasteiger partial charge < -0.3 is 14.4 Å². The third-order valence-corrected chi connectivity index (χ3v) is 5.11. The van der Waals surface area contributed by atoms with Crippen LogP contribution in [0.15, 0.2) is 0 Å². The van der Waals surface area contributed by atoms with Crippen molar-refractivity contribution in [3.8, 4) is 0 Å². The van der Waals surface area contributed by atoms with Crippen LogP contribution in [0, 0.1) is 5.92 Å². The third kappa shape index (κ3) is 3.95. The molecule has 0 aromatic carbocycles. The Morgan fingerprint density at radius 3 is 2.25 bits per heavy atom. The number of piperidine rings is 1. The van der Waals surface area contributed by atoms with E-state index >= 15 is 0 Å². The molecule has 0 spiro atoms. The first-order chi connectivity index (χ1) is 9.69. The van der Waals surface area contributed by atoms with Crippen LogP contribution >= 0.6 is 0 Å². The summed E-state index contributed by atoms with van der Waals surface area (Å²) >= 11 is 0. The quantitative estimate of drug-likeness (QED) is 0.728. The minimum Gasteiger partial charge on any atom is -0.353 e. The second-order valence-electron chi connectivity index (χ2n) is 6.24. The topological polar surface area (TPSA) is 38.8 Å². The number of methoxy groups -OCH3 is 2. The van der Waals surface area contributed by atoms with Gasteiger partial charge in [0.25, 0.3) is 0 Å². The first kappa shape index (κ1) is 15.8. The van der Waals surface area contributed by atoms with E-state index < -0.39 is 5.79 Å². The molecule has 20 heavy (non-hydrogen) atoms. The lowest BCUT2D eigenvalue weighted by Gasteiger charge is -2.39. The molecule has 0 unspecified atom stereocenters. The molecule has 1 aliphatic heterocycles. The Labute approximate surface area is 122 Å². The minimum absolute atomic E-state index is 0.316. The zero-order valence-electron chi connectivity index (χ0n) is 13.0. The summed E-state index contributed by atoms with van der Waals surface area (Å²) in [5.41, 5.74) is 0. The fourth-order valence-corrected chi connectivity index (χ4v) is 3.55. The average Bonchev–Trinajstić information content (AvgIpc) is 2.53. The number of hydrogen-bond donors (Lipinski definition) is 0. The summed E-state index contributed by atoms with van der Waals surface area (Å²) in [4.78, 5) is 14.3. The summed E-state index contributed by atoms with van der Waals surface area (Å²) in [6.45, 7) is 1.51. The highest BCUT2D eigenvalue weighted by atomic mass is 16.7. The highest BCUT2D eigenvalue weighted by Crippen LogP contribution is 2.29. The highest BCUT2D eigenvalue weighted by molar-refractivity contribution is 5.76. The Morgan fingerprint density at radius 2 is 1.70 bits per heavy atom. The molecular weight excluding hydrogens is 254 g/mol. The van der Waals surface area contributed by atoms with E-state index in [2.05, 4.69) is 0 Å². The second kappa shape index (κ2) is 7.41. The molecule has 4 heteroatoms. The van der Waals surface area contributed by atoms with Crippen LogP contribution in [0.5, 0.6) is 0 Å². The van der Waals surface area contributed by atoms with Crippen molar-refractivity contribution in [1.29, 1.82) is 0 Å². The monoisotopic (exact) mass is 283 g/mol. The van der Waals surface area contributed by atoms with Crippen molar-refractivity contribution in [3.05, 3.63) is 0 Å². The molecule has 1 heterocycles. The van der Waals surface area contributed by atoms with Gasteiger partial charge >= 0.3 is 0 Å². The molecule has 1 amide bonds. The Morgan fingerprint density at radius 1 is 1.10 bits per heavy atom. The molecule has 0 bridgehead atoms. The van der Waals surface area contributed by atoms with Crippen molar-refractivity contribution in [2.24, 2.45) is 5.92 Å². The van der Waals surface area contributed by atoms with Gasteiger partial charge in [-0.3, -0.25) is 4.79 Å². The van der Waals surface area contributed by atoms with Crippen LogP contribution in [0.25, 0.3) is 0 Å². The molecule has 2 rings (SSSR count). The van der Waals surface area contributed by atoms with E-state index in [-0.39, 0.29) is 0 Å². The van der Waals surface area contributed by atoms with Gasteiger partial charge in [-0.25, -0.2) is 0 Å². The molecule has 2 aliphatic rings. The molecule has 0 N–H and O–H groups in total. The standard InChI is InChI=1S/C16H29NO3/c1-19-16(20-2)10-12-17(13-11-16)15(18)9-8-14-6-4-3-5-7-14/h14H,3-13H2,1-2H3. The third-order valence-electron chi connectivity index (χ3n) is 5.11. The Balaban J connectivity index is 1.71. The molecule has 0 atom stereocenters. The minimum atomic E-state index is -0.472. The Hall–Kier alpha value is -0.610. The number of carbonyl (C=O) groups excluding carboxylic acids is 1. The van der Waals surface area contributed by atoms with Gasteiger partial charge in [0.05, 0.1) is 0 Å². The van der Waals surface area contributed by atoms with Crippen LogP contribution in [0.4, 0.5) is 0 Å². The molecule has 1 saturated carbocycles. The molecular formula is C16H29NO3. The zero-order chi connectivity index (χ0) is 14.4. The number of ether oxygens (including phenoxy) is 2. The smallest absolute Gasteiger partial charge is 0.222 e. The highest BCUT2D eigenvalue weighted by Gasteiger charge is 2.35. The summed E-state index contributed by atoms with van der Waals surface area (Å²) in [5.74, 6) is 0.631. The summed E-state index contributed by atoms with van der Waals surface area (Å²) in [6, 6.07) is 0. The van der Waals surface area contributed by atoms with E-state index in [0.717, 1.165) is 44.7 Å². The summed E-state index contributed by atoms with van der Waals surface area (Å²) in [7, 11) is 3.37. The molecule has 4 nitrogen and oxygen atoms in total. The summed E-state index contributed by atoms with van der Waals surface area (Å²) < 4.78 is 10.9. The van der Waals surface area contributed by atoms with Crippen molar-refractivity contribution in [1.82, 2.24) is 4.90 Å². The fourth-order valence-electron chi connectivity index (χ4n) is 3.55. The van der Waals surface area contributed by atoms with Crippen molar-refractivity contribution in [2.45, 2.75) is 63.6 Å². The predicted molar refractivity (Wildman–Crippen MR) is 78.4 cm³/mol. The zero-order valence-corrected chi connectivity index (χ0v) is 13.0. The maximum atomic E-state index is 12.3. The lowest BCUT2D eigenvalue weighted by molar-refractivity contribution is -0.228. The van der Waals surface area contributed by atoms with E-state index in [1.54, 1.807) is 14.2 Å². The lowest BCUT2D eigenvalue weighted by Crippen LogP contribution is -2.48. The maximum absolute atomic E-state index is 12.3. The average molecular weight is 283 g/mol. The number of likely N-dealkylation sites (tertiary alicyclic amines) is 1. The van der Waals surface area contributed by atoms with Gasteiger partial charge in [-0.1, -0.05) is 32.1 Å². The number of amides is 1. The molecule has 0 aromatic rings. The van der Waals surface area contributed by atoms with Gasteiger partial charge in [0.15, 0.2) is 5.79 Å². The molecule has 0 aromatic heterocycles. The van der Waals surface area contributed by atoms with E-state index in [0.29, 0.717) is 5.91 Å². The largest absolute Gasteiger partial charge is 0.353 e. The molecule has 1 aliphatic carbocycles. The maximum Gasteiger partial charge on any atom is 0.222 e. The summed E-state index contributed by atoms with van der Waals surface area (Å²) in [5, 5.41) is 0. The van der Waals surface area contributed by atoms with E-state index in [9.17, 15) is 4.79 Å². The van der Waals surface area contributed by atoms with Gasteiger partial charge in [0.1, 0.15) is 0 Å². The van der Waals surface area contributed by atoms with Gasteiger partial charge in [-0.2, -0.15) is 0 Å². The van der Waals surface area contributed by atoms with Crippen LogP contribution in [-0.4, -0.2) is 43.9 Å². The van der Waals surface area contributed by atoms with Crippen LogP contribution in [0.1, 0.15) is 57.8 Å². The predicted octanol–water partition coefficient (Wildman–Crippen LogP) is 2.96. The number of carbonyl (C=O) groups is 1. The SMILES string of the molecule is COC1(OC)CCN(C(=O)CCC2CCCCC2)CC1. The van der Waals surface area contributed by atoms with Crippen molar-refractivity contribution >= 4 is 5.91 Å². The van der Waals surface area contributed by atoms with E-state index in [1.807, 2.05) is 4.90 Å². The number of hydrogen-bond acceptors (Lipinski definition) is 3. The van der Waals surface area contributed by atoms with Crippen molar-refractivity contribution < 1.29 is 14.3 Å². The van der Waals surface area contributed by atoms with Gasteiger partial charge in [-0.05, 0) is 12.3 Å². The van der Waals surface area contributed by atoms with Gasteiger partial charge in [0, 0.05) is 46.6 Å². The number of nitrogens with zero attached hydrogens (tertiary/aromatic N) is 1. The van der Waals surface area contributed by atoms with E-state index in [1.165, 1.54) is 32.1 Å². The second-order valence-corrected chi connectivity index (χ2v) is 6.24. The Kier molecular flexibility index (Phi) is 5.85.